The molecule has 1 atom stereocenters. The molecular weight excluding hydrogens is 382 g/mol. The molecule has 1 fully saturated rings. The summed E-state index contributed by atoms with van der Waals surface area (Å²) in [6, 6.07) is 14.8. The second-order valence-corrected chi connectivity index (χ2v) is 9.13. The highest BCUT2D eigenvalue weighted by molar-refractivity contribution is 5.96. The lowest BCUT2D eigenvalue weighted by molar-refractivity contribution is -0.117. The highest BCUT2D eigenvalue weighted by Gasteiger charge is 2.34. The summed E-state index contributed by atoms with van der Waals surface area (Å²) in [7, 11) is 0. The van der Waals surface area contributed by atoms with Gasteiger partial charge in [0.05, 0.1) is 11.0 Å². The Morgan fingerprint density at radius 1 is 0.968 bits per heavy atom. The molecule has 1 unspecified atom stereocenters. The minimum atomic E-state index is 0.140. The molecule has 0 spiro atoms. The quantitative estimate of drug-likeness (QED) is 0.371. The van der Waals surface area contributed by atoms with Gasteiger partial charge in [-0.1, -0.05) is 57.2 Å². The van der Waals surface area contributed by atoms with Crippen LogP contribution in [0.15, 0.2) is 42.5 Å². The molecule has 2 aromatic carbocycles. The Kier molecular flexibility index (Phi) is 6.74. The number of imidazole rings is 1. The van der Waals surface area contributed by atoms with E-state index in [1.165, 1.54) is 55.2 Å². The van der Waals surface area contributed by atoms with Crippen molar-refractivity contribution in [1.29, 1.82) is 0 Å². The van der Waals surface area contributed by atoms with Gasteiger partial charge in [0.1, 0.15) is 5.82 Å². The van der Waals surface area contributed by atoms with Gasteiger partial charge in [-0.25, -0.2) is 4.98 Å². The largest absolute Gasteiger partial charge is 0.328 e. The summed E-state index contributed by atoms with van der Waals surface area (Å²) in [6.45, 7) is 8.13. The van der Waals surface area contributed by atoms with Crippen molar-refractivity contribution in [3.63, 3.8) is 0 Å². The van der Waals surface area contributed by atoms with Crippen LogP contribution in [0, 0.1) is 13.8 Å². The van der Waals surface area contributed by atoms with Crippen LogP contribution in [0.3, 0.4) is 0 Å². The molecular formula is C27H35N3O. The fraction of sp³-hybridized carbons (Fsp3) is 0.481. The van der Waals surface area contributed by atoms with Crippen LogP contribution < -0.4 is 4.90 Å². The average Bonchev–Trinajstić information content (AvgIpc) is 3.30. The molecule has 2 heterocycles. The zero-order valence-corrected chi connectivity index (χ0v) is 19.2. The number of hydrogen-bond donors (Lipinski definition) is 0. The Bertz CT molecular complexity index is 1030. The van der Waals surface area contributed by atoms with Crippen LogP contribution in [-0.4, -0.2) is 22.0 Å². The van der Waals surface area contributed by atoms with E-state index in [-0.39, 0.29) is 11.8 Å². The number of para-hydroxylation sites is 2. The second kappa shape index (κ2) is 9.67. The van der Waals surface area contributed by atoms with Crippen molar-refractivity contribution in [2.45, 2.75) is 78.2 Å². The van der Waals surface area contributed by atoms with Gasteiger partial charge >= 0.3 is 0 Å². The predicted molar refractivity (Wildman–Crippen MR) is 129 cm³/mol. The van der Waals surface area contributed by atoms with E-state index in [2.05, 4.69) is 67.8 Å². The molecule has 3 aromatic rings. The summed E-state index contributed by atoms with van der Waals surface area (Å²) < 4.78 is 2.39. The molecule has 4 rings (SSSR count). The topological polar surface area (TPSA) is 38.1 Å². The zero-order valence-electron chi connectivity index (χ0n) is 19.2. The van der Waals surface area contributed by atoms with Crippen molar-refractivity contribution in [2.24, 2.45) is 0 Å². The van der Waals surface area contributed by atoms with Crippen molar-refractivity contribution >= 4 is 22.6 Å². The molecule has 1 amide bonds. The number of hydrogen-bond acceptors (Lipinski definition) is 2. The highest BCUT2D eigenvalue weighted by Crippen LogP contribution is 2.34. The first kappa shape index (κ1) is 21.6. The molecule has 31 heavy (non-hydrogen) atoms. The second-order valence-electron chi connectivity index (χ2n) is 9.13. The number of amides is 1. The van der Waals surface area contributed by atoms with Crippen molar-refractivity contribution in [1.82, 2.24) is 9.55 Å². The maximum atomic E-state index is 13.0. The average molecular weight is 418 g/mol. The van der Waals surface area contributed by atoms with E-state index in [1.807, 2.05) is 4.90 Å². The number of anilines is 1. The van der Waals surface area contributed by atoms with Gasteiger partial charge in [0, 0.05) is 31.1 Å². The molecule has 1 saturated heterocycles. The standard InChI is InChI=1S/C27H35N3O/c1-4-5-6-7-8-11-14-29-25-13-10-9-12-24(25)28-27(29)22-18-26(31)30(19-22)23-16-20(2)15-21(3)17-23/h9-10,12-13,15-17,22H,4-8,11,14,18-19H2,1-3H3. The fourth-order valence-corrected chi connectivity index (χ4v) is 4.93. The number of nitrogens with zero attached hydrogens (tertiary/aromatic N) is 3. The molecule has 0 N–H and O–H groups in total. The molecule has 4 nitrogen and oxygen atoms in total. The number of aryl methyl sites for hydroxylation is 3. The van der Waals surface area contributed by atoms with E-state index >= 15 is 0 Å². The maximum Gasteiger partial charge on any atom is 0.227 e. The summed E-state index contributed by atoms with van der Waals surface area (Å²) in [4.78, 5) is 19.9. The molecule has 1 aromatic heterocycles. The van der Waals surface area contributed by atoms with Crippen LogP contribution in [0.2, 0.25) is 0 Å². The Hall–Kier alpha value is -2.62. The third kappa shape index (κ3) is 4.84. The van der Waals surface area contributed by atoms with E-state index < -0.39 is 0 Å². The number of rotatable bonds is 9. The lowest BCUT2D eigenvalue weighted by Gasteiger charge is -2.18. The molecule has 0 radical (unpaired) electrons. The summed E-state index contributed by atoms with van der Waals surface area (Å²) in [5.41, 5.74) is 5.65. The van der Waals surface area contributed by atoms with E-state index in [9.17, 15) is 4.79 Å². The van der Waals surface area contributed by atoms with Gasteiger partial charge in [-0.15, -0.1) is 0 Å². The van der Waals surface area contributed by atoms with Gasteiger partial charge in [0.15, 0.2) is 0 Å². The lowest BCUT2D eigenvalue weighted by Crippen LogP contribution is -2.24. The van der Waals surface area contributed by atoms with E-state index in [4.69, 9.17) is 4.98 Å². The van der Waals surface area contributed by atoms with E-state index in [0.717, 1.165) is 23.6 Å². The first-order valence-electron chi connectivity index (χ1n) is 11.9. The number of carbonyl (C=O) groups is 1. The molecule has 1 aliphatic heterocycles. The van der Waals surface area contributed by atoms with E-state index in [0.29, 0.717) is 13.0 Å². The number of carbonyl (C=O) groups excluding carboxylic acids is 1. The first-order valence-corrected chi connectivity index (χ1v) is 11.9. The number of aromatic nitrogens is 2. The Balaban J connectivity index is 1.55. The third-order valence-electron chi connectivity index (χ3n) is 6.43. The Labute approximate surface area is 186 Å². The van der Waals surface area contributed by atoms with Crippen molar-refractivity contribution in [2.75, 3.05) is 11.4 Å². The number of fused-ring (bicyclic) bond motifs is 1. The van der Waals surface area contributed by atoms with Crippen LogP contribution in [-0.2, 0) is 11.3 Å². The van der Waals surface area contributed by atoms with Gasteiger partial charge in [0.2, 0.25) is 5.91 Å². The van der Waals surface area contributed by atoms with Crippen molar-refractivity contribution in [3.8, 4) is 0 Å². The van der Waals surface area contributed by atoms with Gasteiger partial charge in [-0.3, -0.25) is 4.79 Å². The monoisotopic (exact) mass is 417 g/mol. The summed E-state index contributed by atoms with van der Waals surface area (Å²) >= 11 is 0. The maximum absolute atomic E-state index is 13.0. The minimum absolute atomic E-state index is 0.140. The number of unbranched alkanes of at least 4 members (excludes halogenated alkanes) is 5. The van der Waals surface area contributed by atoms with Gasteiger partial charge in [-0.2, -0.15) is 0 Å². The normalized spacial score (nSPS) is 16.5. The molecule has 4 heteroatoms. The molecule has 0 saturated carbocycles. The van der Waals surface area contributed by atoms with Crippen LogP contribution in [0.1, 0.15) is 74.7 Å². The van der Waals surface area contributed by atoms with Crippen LogP contribution in [0.25, 0.3) is 11.0 Å². The molecule has 0 aliphatic carbocycles. The van der Waals surface area contributed by atoms with E-state index in [1.54, 1.807) is 0 Å². The van der Waals surface area contributed by atoms with Crippen LogP contribution in [0.5, 0.6) is 0 Å². The number of benzene rings is 2. The highest BCUT2D eigenvalue weighted by atomic mass is 16.2. The summed E-state index contributed by atoms with van der Waals surface area (Å²) in [5, 5.41) is 0. The van der Waals surface area contributed by atoms with Gasteiger partial charge < -0.3 is 9.47 Å². The minimum Gasteiger partial charge on any atom is -0.328 e. The summed E-state index contributed by atoms with van der Waals surface area (Å²) in [6.07, 6.45) is 8.20. The smallest absolute Gasteiger partial charge is 0.227 e. The summed E-state index contributed by atoms with van der Waals surface area (Å²) in [5.74, 6) is 1.42. The lowest BCUT2D eigenvalue weighted by atomic mass is 10.1. The van der Waals surface area contributed by atoms with Gasteiger partial charge in [0.25, 0.3) is 0 Å². The molecule has 1 aliphatic rings. The molecule has 164 valence electrons. The van der Waals surface area contributed by atoms with Crippen molar-refractivity contribution < 1.29 is 4.79 Å². The predicted octanol–water partition coefficient (Wildman–Crippen LogP) is 6.53. The van der Waals surface area contributed by atoms with Gasteiger partial charge in [-0.05, 0) is 55.7 Å². The fourth-order valence-electron chi connectivity index (χ4n) is 4.93. The SMILES string of the molecule is CCCCCCCCn1c(C2CC(=O)N(c3cc(C)cc(C)c3)C2)nc2ccccc21. The Morgan fingerprint density at radius 2 is 1.68 bits per heavy atom. The van der Waals surface area contributed by atoms with Crippen LogP contribution >= 0.6 is 0 Å². The third-order valence-corrected chi connectivity index (χ3v) is 6.43. The Morgan fingerprint density at radius 3 is 2.45 bits per heavy atom. The van der Waals surface area contributed by atoms with Crippen LogP contribution in [0.4, 0.5) is 5.69 Å². The zero-order chi connectivity index (χ0) is 21.8. The molecule has 0 bridgehead atoms. The first-order chi connectivity index (χ1) is 15.1. The van der Waals surface area contributed by atoms with Crippen molar-refractivity contribution in [3.05, 3.63) is 59.4 Å².